The van der Waals surface area contributed by atoms with Crippen molar-refractivity contribution in [1.82, 2.24) is 5.32 Å². The van der Waals surface area contributed by atoms with Crippen LogP contribution in [0.1, 0.15) is 30.5 Å². The summed E-state index contributed by atoms with van der Waals surface area (Å²) in [6.07, 6.45) is 2.03. The first-order valence-electron chi connectivity index (χ1n) is 5.32. The smallest absolute Gasteiger partial charge is 0.237 e. The van der Waals surface area contributed by atoms with E-state index in [0.29, 0.717) is 0 Å². The fraction of sp³-hybridized carbons (Fsp3) is 0.417. The van der Waals surface area contributed by atoms with Crippen molar-refractivity contribution in [2.75, 3.05) is 0 Å². The van der Waals surface area contributed by atoms with E-state index in [-0.39, 0.29) is 11.9 Å². The van der Waals surface area contributed by atoms with Gasteiger partial charge in [-0.05, 0) is 30.9 Å². The second-order valence-corrected chi connectivity index (χ2v) is 4.09. The van der Waals surface area contributed by atoms with Gasteiger partial charge in [0.25, 0.3) is 0 Å². The molecule has 0 aromatic heterocycles. The lowest BCUT2D eigenvalue weighted by Gasteiger charge is -2.15. The largest absolute Gasteiger partial charge is 0.348 e. The minimum atomic E-state index is -0.433. The summed E-state index contributed by atoms with van der Waals surface area (Å²) in [4.78, 5) is 11.5. The van der Waals surface area contributed by atoms with Crippen LogP contribution in [0.3, 0.4) is 0 Å². The number of hydrogen-bond acceptors (Lipinski definition) is 2. The number of amides is 1. The molecule has 0 bridgehead atoms. The quantitative estimate of drug-likeness (QED) is 0.759. The van der Waals surface area contributed by atoms with Gasteiger partial charge in [0.1, 0.15) is 0 Å². The Kier molecular flexibility index (Phi) is 2.73. The first-order valence-corrected chi connectivity index (χ1v) is 5.32. The minimum Gasteiger partial charge on any atom is -0.348 e. The van der Waals surface area contributed by atoms with Gasteiger partial charge in [-0.15, -0.1) is 0 Å². The predicted molar refractivity (Wildman–Crippen MR) is 59.3 cm³/mol. The van der Waals surface area contributed by atoms with E-state index in [1.165, 1.54) is 11.1 Å². The Labute approximate surface area is 89.7 Å². The molecule has 1 unspecified atom stereocenters. The average Bonchev–Trinajstić information content (AvgIpc) is 2.62. The number of carbonyl (C=O) groups excluding carboxylic acids is 1. The third kappa shape index (κ3) is 2.02. The molecule has 0 radical (unpaired) electrons. The van der Waals surface area contributed by atoms with Crippen LogP contribution in [-0.2, 0) is 11.2 Å². The molecular formula is C12H16N2O. The number of carbonyl (C=O) groups is 1. The molecule has 0 spiro atoms. The van der Waals surface area contributed by atoms with Gasteiger partial charge in [0.05, 0.1) is 12.1 Å². The maximum absolute atomic E-state index is 11.5. The molecular weight excluding hydrogens is 188 g/mol. The molecule has 1 aliphatic rings. The fourth-order valence-electron chi connectivity index (χ4n) is 2.01. The van der Waals surface area contributed by atoms with Crippen LogP contribution in [0.2, 0.25) is 0 Å². The molecule has 1 aliphatic carbocycles. The maximum atomic E-state index is 11.5. The van der Waals surface area contributed by atoms with E-state index in [1.807, 2.05) is 12.1 Å². The summed E-state index contributed by atoms with van der Waals surface area (Å²) in [7, 11) is 0. The van der Waals surface area contributed by atoms with Crippen LogP contribution < -0.4 is 11.1 Å². The zero-order valence-electron chi connectivity index (χ0n) is 8.86. The van der Waals surface area contributed by atoms with E-state index in [0.717, 1.165) is 12.8 Å². The normalized spacial score (nSPS) is 20.8. The van der Waals surface area contributed by atoms with E-state index >= 15 is 0 Å². The van der Waals surface area contributed by atoms with E-state index in [2.05, 4.69) is 17.4 Å². The fourth-order valence-corrected chi connectivity index (χ4v) is 2.01. The standard InChI is InChI=1S/C12H16N2O/c1-8(13)12(15)14-11-7-6-9-4-2-3-5-10(9)11/h2-5,8,11H,6-7,13H2,1H3,(H,14,15)/t8-,11?/m1/s1. The first kappa shape index (κ1) is 10.2. The van der Waals surface area contributed by atoms with Crippen molar-refractivity contribution in [2.24, 2.45) is 5.73 Å². The van der Waals surface area contributed by atoms with Crippen molar-refractivity contribution in [2.45, 2.75) is 31.8 Å². The van der Waals surface area contributed by atoms with Crippen LogP contribution in [-0.4, -0.2) is 11.9 Å². The highest BCUT2D eigenvalue weighted by molar-refractivity contribution is 5.81. The highest BCUT2D eigenvalue weighted by Crippen LogP contribution is 2.30. The van der Waals surface area contributed by atoms with E-state index in [9.17, 15) is 4.79 Å². The van der Waals surface area contributed by atoms with Gasteiger partial charge in [0.2, 0.25) is 5.91 Å². The van der Waals surface area contributed by atoms with Crippen molar-refractivity contribution in [3.05, 3.63) is 35.4 Å². The molecule has 3 nitrogen and oxygen atoms in total. The van der Waals surface area contributed by atoms with E-state index in [4.69, 9.17) is 5.73 Å². The Morgan fingerprint density at radius 1 is 1.53 bits per heavy atom. The number of nitrogens with one attached hydrogen (secondary N) is 1. The van der Waals surface area contributed by atoms with E-state index in [1.54, 1.807) is 6.92 Å². The molecule has 3 heteroatoms. The molecule has 80 valence electrons. The molecule has 1 aromatic carbocycles. The second-order valence-electron chi connectivity index (χ2n) is 4.09. The van der Waals surface area contributed by atoms with Gasteiger partial charge in [-0.2, -0.15) is 0 Å². The topological polar surface area (TPSA) is 55.1 Å². The molecule has 15 heavy (non-hydrogen) atoms. The molecule has 1 aromatic rings. The van der Waals surface area contributed by atoms with Gasteiger partial charge in [-0.3, -0.25) is 4.79 Å². The maximum Gasteiger partial charge on any atom is 0.237 e. The van der Waals surface area contributed by atoms with Crippen molar-refractivity contribution in [1.29, 1.82) is 0 Å². The third-order valence-corrected chi connectivity index (χ3v) is 2.86. The van der Waals surface area contributed by atoms with Gasteiger partial charge in [-0.1, -0.05) is 24.3 Å². The first-order chi connectivity index (χ1) is 7.18. The van der Waals surface area contributed by atoms with Crippen molar-refractivity contribution in [3.63, 3.8) is 0 Å². The molecule has 0 saturated heterocycles. The molecule has 0 heterocycles. The van der Waals surface area contributed by atoms with Gasteiger partial charge >= 0.3 is 0 Å². The number of aryl methyl sites for hydroxylation is 1. The molecule has 0 saturated carbocycles. The van der Waals surface area contributed by atoms with Gasteiger partial charge in [-0.25, -0.2) is 0 Å². The van der Waals surface area contributed by atoms with Crippen LogP contribution in [0, 0.1) is 0 Å². The Morgan fingerprint density at radius 3 is 3.00 bits per heavy atom. The van der Waals surface area contributed by atoms with Crippen LogP contribution >= 0.6 is 0 Å². The van der Waals surface area contributed by atoms with Crippen LogP contribution in [0.25, 0.3) is 0 Å². The van der Waals surface area contributed by atoms with Gasteiger partial charge < -0.3 is 11.1 Å². The van der Waals surface area contributed by atoms with Gasteiger partial charge in [0, 0.05) is 0 Å². The van der Waals surface area contributed by atoms with E-state index < -0.39 is 6.04 Å². The lowest BCUT2D eigenvalue weighted by molar-refractivity contribution is -0.122. The van der Waals surface area contributed by atoms with Crippen molar-refractivity contribution >= 4 is 5.91 Å². The second kappa shape index (κ2) is 4.03. The number of rotatable bonds is 2. The number of fused-ring (bicyclic) bond motifs is 1. The molecule has 3 N–H and O–H groups in total. The summed E-state index contributed by atoms with van der Waals surface area (Å²) >= 11 is 0. The summed E-state index contributed by atoms with van der Waals surface area (Å²) in [5.41, 5.74) is 8.10. The molecule has 2 rings (SSSR count). The molecule has 1 amide bonds. The third-order valence-electron chi connectivity index (χ3n) is 2.86. The highest BCUT2D eigenvalue weighted by atomic mass is 16.2. The number of nitrogens with two attached hydrogens (primary N) is 1. The highest BCUT2D eigenvalue weighted by Gasteiger charge is 2.23. The van der Waals surface area contributed by atoms with Crippen LogP contribution in [0.4, 0.5) is 0 Å². The average molecular weight is 204 g/mol. The summed E-state index contributed by atoms with van der Waals surface area (Å²) in [6.45, 7) is 1.70. The lowest BCUT2D eigenvalue weighted by Crippen LogP contribution is -2.39. The van der Waals surface area contributed by atoms with Crippen molar-refractivity contribution < 1.29 is 4.79 Å². The summed E-state index contributed by atoms with van der Waals surface area (Å²) in [6, 6.07) is 7.96. The Morgan fingerprint density at radius 2 is 2.27 bits per heavy atom. The monoisotopic (exact) mass is 204 g/mol. The lowest BCUT2D eigenvalue weighted by atomic mass is 10.1. The summed E-state index contributed by atoms with van der Waals surface area (Å²) < 4.78 is 0. The SMILES string of the molecule is C[C@@H](N)C(=O)NC1CCc2ccccc21. The Hall–Kier alpha value is -1.35. The molecule has 0 aliphatic heterocycles. The Balaban J connectivity index is 2.11. The number of benzene rings is 1. The zero-order chi connectivity index (χ0) is 10.8. The van der Waals surface area contributed by atoms with Gasteiger partial charge in [0.15, 0.2) is 0 Å². The predicted octanol–water partition coefficient (Wildman–Crippen LogP) is 1.14. The Bertz CT molecular complexity index is 374. The van der Waals surface area contributed by atoms with Crippen LogP contribution in [0.15, 0.2) is 24.3 Å². The molecule has 2 atom stereocenters. The molecule has 0 fully saturated rings. The number of hydrogen-bond donors (Lipinski definition) is 2. The minimum absolute atomic E-state index is 0.0725. The zero-order valence-corrected chi connectivity index (χ0v) is 8.86. The van der Waals surface area contributed by atoms with Crippen molar-refractivity contribution in [3.8, 4) is 0 Å². The summed E-state index contributed by atoms with van der Waals surface area (Å²) in [5, 5.41) is 2.97. The van der Waals surface area contributed by atoms with Crippen LogP contribution in [0.5, 0.6) is 0 Å². The summed E-state index contributed by atoms with van der Waals surface area (Å²) in [5.74, 6) is -0.0725.